The van der Waals surface area contributed by atoms with Crippen LogP contribution in [0.2, 0.25) is 5.02 Å². The number of hydrogen-bond acceptors (Lipinski definition) is 4. The maximum absolute atomic E-state index is 11.9. The van der Waals surface area contributed by atoms with Gasteiger partial charge in [0, 0.05) is 28.4 Å². The van der Waals surface area contributed by atoms with Crippen LogP contribution in [0.5, 0.6) is 0 Å². The smallest absolute Gasteiger partial charge is 0.240 e. The van der Waals surface area contributed by atoms with Gasteiger partial charge < -0.3 is 5.32 Å². The first kappa shape index (κ1) is 18.6. The number of thiophene rings is 1. The molecule has 0 atom stereocenters. The van der Waals surface area contributed by atoms with Gasteiger partial charge >= 0.3 is 0 Å². The molecule has 0 radical (unpaired) electrons. The van der Waals surface area contributed by atoms with Gasteiger partial charge in [0.05, 0.1) is 10.0 Å². The van der Waals surface area contributed by atoms with Gasteiger partial charge in [-0.3, -0.25) is 9.59 Å². The van der Waals surface area contributed by atoms with Crippen LogP contribution < -0.4 is 10.7 Å². The summed E-state index contributed by atoms with van der Waals surface area (Å²) in [5.74, 6) is -0.568. The van der Waals surface area contributed by atoms with Crippen LogP contribution in [0.25, 0.3) is 0 Å². The molecule has 2 aromatic rings. The lowest BCUT2D eigenvalue weighted by Crippen LogP contribution is -2.20. The summed E-state index contributed by atoms with van der Waals surface area (Å²) in [6, 6.07) is 9.06. The molecular formula is C16H15BrClN3O2S. The van der Waals surface area contributed by atoms with E-state index in [1.807, 2.05) is 19.1 Å². The van der Waals surface area contributed by atoms with E-state index in [1.54, 1.807) is 24.4 Å². The average molecular weight is 429 g/mol. The van der Waals surface area contributed by atoms with Gasteiger partial charge in [0.2, 0.25) is 11.8 Å². The number of halogens is 2. The van der Waals surface area contributed by atoms with Crippen molar-refractivity contribution in [1.82, 2.24) is 5.43 Å². The number of carbonyl (C=O) groups is 2. The van der Waals surface area contributed by atoms with Gasteiger partial charge in [-0.2, -0.15) is 5.10 Å². The maximum Gasteiger partial charge on any atom is 0.240 e. The summed E-state index contributed by atoms with van der Waals surface area (Å²) in [7, 11) is 0. The van der Waals surface area contributed by atoms with Crippen molar-refractivity contribution in [3.05, 3.63) is 49.6 Å². The van der Waals surface area contributed by atoms with Gasteiger partial charge in [0.1, 0.15) is 0 Å². The van der Waals surface area contributed by atoms with E-state index < -0.39 is 0 Å². The zero-order valence-electron chi connectivity index (χ0n) is 12.8. The summed E-state index contributed by atoms with van der Waals surface area (Å²) in [6.45, 7) is 1.82. The van der Waals surface area contributed by atoms with Crippen molar-refractivity contribution in [2.24, 2.45) is 5.10 Å². The zero-order chi connectivity index (χ0) is 17.5. The van der Waals surface area contributed by atoms with E-state index in [2.05, 4.69) is 31.8 Å². The monoisotopic (exact) mass is 427 g/mol. The molecule has 2 amide bonds. The van der Waals surface area contributed by atoms with E-state index >= 15 is 0 Å². The van der Waals surface area contributed by atoms with Crippen LogP contribution in [0.1, 0.15) is 23.3 Å². The molecule has 2 N–H and O–H groups in total. The Morgan fingerprint density at radius 2 is 2.00 bits per heavy atom. The Kier molecular flexibility index (Phi) is 6.96. The van der Waals surface area contributed by atoms with Crippen LogP contribution >= 0.6 is 38.9 Å². The van der Waals surface area contributed by atoms with Crippen molar-refractivity contribution >= 4 is 62.6 Å². The fourth-order valence-corrected chi connectivity index (χ4v) is 3.27. The number of hydrogen-bond donors (Lipinski definition) is 2. The van der Waals surface area contributed by atoms with Crippen LogP contribution in [0.3, 0.4) is 0 Å². The van der Waals surface area contributed by atoms with Gasteiger partial charge in [0.15, 0.2) is 0 Å². The quantitative estimate of drug-likeness (QED) is 0.531. The molecule has 126 valence electrons. The second-order valence-corrected chi connectivity index (χ2v) is 7.80. The lowest BCUT2D eigenvalue weighted by molar-refractivity contribution is -0.124. The first-order chi connectivity index (χ1) is 11.5. The Bertz CT molecular complexity index is 776. The molecule has 1 aromatic heterocycles. The Labute approximate surface area is 157 Å². The topological polar surface area (TPSA) is 70.6 Å². The molecule has 0 aliphatic rings. The lowest BCUT2D eigenvalue weighted by Gasteiger charge is -2.09. The normalized spacial score (nSPS) is 10.8. The average Bonchev–Trinajstić information content (AvgIpc) is 2.95. The van der Waals surface area contributed by atoms with E-state index in [4.69, 9.17) is 11.6 Å². The third kappa shape index (κ3) is 5.74. The summed E-state index contributed by atoms with van der Waals surface area (Å²) < 4.78 is 0.989. The fourth-order valence-electron chi connectivity index (χ4n) is 1.80. The second-order valence-electron chi connectivity index (χ2n) is 4.90. The van der Waals surface area contributed by atoms with Crippen molar-refractivity contribution in [2.45, 2.75) is 19.8 Å². The first-order valence-electron chi connectivity index (χ1n) is 7.08. The molecule has 0 spiro atoms. The molecule has 0 unspecified atom stereocenters. The third-order valence-electron chi connectivity index (χ3n) is 3.10. The summed E-state index contributed by atoms with van der Waals surface area (Å²) in [5.41, 5.74) is 3.84. The highest BCUT2D eigenvalue weighted by molar-refractivity contribution is 9.11. The Balaban J connectivity index is 1.76. The number of carbonyl (C=O) groups excluding carboxylic acids is 2. The molecule has 0 fully saturated rings. The molecule has 5 nitrogen and oxygen atoms in total. The number of rotatable bonds is 6. The summed E-state index contributed by atoms with van der Waals surface area (Å²) in [4.78, 5) is 24.5. The van der Waals surface area contributed by atoms with E-state index in [0.717, 1.165) is 14.2 Å². The molecule has 8 heteroatoms. The Morgan fingerprint density at radius 1 is 1.25 bits per heavy atom. The minimum Gasteiger partial charge on any atom is -0.326 e. The highest BCUT2D eigenvalue weighted by Gasteiger charge is 2.09. The number of nitrogens with one attached hydrogen (secondary N) is 2. The van der Waals surface area contributed by atoms with Crippen molar-refractivity contribution in [3.63, 3.8) is 0 Å². The number of nitrogens with zero attached hydrogens (tertiary/aromatic N) is 1. The molecule has 0 bridgehead atoms. The van der Waals surface area contributed by atoms with Gasteiger partial charge in [-0.15, -0.1) is 11.3 Å². The summed E-state index contributed by atoms with van der Waals surface area (Å²) in [5, 5.41) is 7.19. The number of benzene rings is 1. The summed E-state index contributed by atoms with van der Waals surface area (Å²) in [6.07, 6.45) is 1.68. The highest BCUT2D eigenvalue weighted by Crippen LogP contribution is 2.23. The van der Waals surface area contributed by atoms with Gasteiger partial charge in [0.25, 0.3) is 0 Å². The number of hydrazone groups is 1. The van der Waals surface area contributed by atoms with Crippen LogP contribution in [-0.2, 0) is 9.59 Å². The predicted octanol–water partition coefficient (Wildman–Crippen LogP) is 4.34. The first-order valence-corrected chi connectivity index (χ1v) is 9.06. The zero-order valence-corrected chi connectivity index (χ0v) is 16.0. The SMILES string of the molecule is Cc1c(Cl)cccc1NC(=O)CCC(=O)NN=Cc1ccc(Br)s1. The number of amides is 2. The minimum atomic E-state index is -0.320. The molecule has 1 aromatic carbocycles. The van der Waals surface area contributed by atoms with E-state index in [-0.39, 0.29) is 24.7 Å². The van der Waals surface area contributed by atoms with Crippen LogP contribution in [0.15, 0.2) is 39.2 Å². The summed E-state index contributed by atoms with van der Waals surface area (Å²) >= 11 is 10.9. The molecule has 1 heterocycles. The van der Waals surface area contributed by atoms with E-state index in [1.165, 1.54) is 11.3 Å². The minimum absolute atomic E-state index is 0.0525. The van der Waals surface area contributed by atoms with Crippen molar-refractivity contribution < 1.29 is 9.59 Å². The van der Waals surface area contributed by atoms with Gasteiger partial charge in [-0.25, -0.2) is 5.43 Å². The van der Waals surface area contributed by atoms with Crippen molar-refractivity contribution in [2.75, 3.05) is 5.32 Å². The van der Waals surface area contributed by atoms with Crippen molar-refractivity contribution in [3.8, 4) is 0 Å². The van der Waals surface area contributed by atoms with Crippen LogP contribution in [0.4, 0.5) is 5.69 Å². The van der Waals surface area contributed by atoms with Gasteiger partial charge in [-0.1, -0.05) is 17.7 Å². The lowest BCUT2D eigenvalue weighted by atomic mass is 10.2. The maximum atomic E-state index is 11.9. The predicted molar refractivity (Wildman–Crippen MR) is 102 cm³/mol. The molecule has 2 rings (SSSR count). The van der Waals surface area contributed by atoms with Crippen molar-refractivity contribution in [1.29, 1.82) is 0 Å². The number of anilines is 1. The third-order valence-corrected chi connectivity index (χ3v) is 5.06. The molecule has 0 aliphatic heterocycles. The molecule has 24 heavy (non-hydrogen) atoms. The van der Waals surface area contributed by atoms with Gasteiger partial charge in [-0.05, 0) is 52.7 Å². The standard InChI is InChI=1S/C16H15BrClN3O2S/c1-10-12(18)3-2-4-13(10)20-15(22)7-8-16(23)21-19-9-11-5-6-14(17)24-11/h2-6,9H,7-8H2,1H3,(H,20,22)(H,21,23). The van der Waals surface area contributed by atoms with E-state index in [0.29, 0.717) is 10.7 Å². The Morgan fingerprint density at radius 3 is 2.71 bits per heavy atom. The molecule has 0 saturated heterocycles. The molecular weight excluding hydrogens is 414 g/mol. The molecule has 0 aliphatic carbocycles. The fraction of sp³-hybridized carbons (Fsp3) is 0.188. The van der Waals surface area contributed by atoms with Crippen LogP contribution in [-0.4, -0.2) is 18.0 Å². The molecule has 0 saturated carbocycles. The van der Waals surface area contributed by atoms with Crippen LogP contribution in [0, 0.1) is 6.92 Å². The Hall–Kier alpha value is -1.70. The second kappa shape index (κ2) is 8.96. The van der Waals surface area contributed by atoms with E-state index in [9.17, 15) is 9.59 Å². The highest BCUT2D eigenvalue weighted by atomic mass is 79.9. The largest absolute Gasteiger partial charge is 0.326 e.